The summed E-state index contributed by atoms with van der Waals surface area (Å²) in [5, 5.41) is 0. The number of benzene rings is 2. The van der Waals surface area contributed by atoms with Crippen molar-refractivity contribution in [3.05, 3.63) is 59.9 Å². The van der Waals surface area contributed by atoms with E-state index in [0.29, 0.717) is 49.7 Å². The van der Waals surface area contributed by atoms with E-state index in [1.54, 1.807) is 47.4 Å². The second-order valence-corrected chi connectivity index (χ2v) is 9.64. The van der Waals surface area contributed by atoms with Gasteiger partial charge in [0.05, 0.1) is 18.2 Å². The van der Waals surface area contributed by atoms with Crippen LogP contribution in [0.1, 0.15) is 18.4 Å². The Hall–Kier alpha value is -3.46. The Kier molecular flexibility index (Phi) is 7.59. The molecule has 0 N–H and O–H groups in total. The van der Waals surface area contributed by atoms with Gasteiger partial charge in [-0.05, 0) is 43.9 Å². The zero-order valence-corrected chi connectivity index (χ0v) is 21.1. The molecule has 2 aromatic carbocycles. The minimum absolute atomic E-state index is 0.0621. The molecule has 2 aromatic rings. The fourth-order valence-corrected chi connectivity index (χ4v) is 4.99. The SMILES string of the molecule is COc1cccc([C@]2(CC(=O)N3CCN(c4ccccc4F)CC3)CC(=O)N(CCN(C)C)C2=O)c1. The Morgan fingerprint density at radius 2 is 1.78 bits per heavy atom. The van der Waals surface area contributed by atoms with Crippen molar-refractivity contribution in [3.63, 3.8) is 0 Å². The average Bonchev–Trinajstić information content (AvgIpc) is 3.12. The lowest BCUT2D eigenvalue weighted by Crippen LogP contribution is -2.51. The zero-order valence-electron chi connectivity index (χ0n) is 21.1. The number of likely N-dealkylation sites (N-methyl/N-ethyl adjacent to an activating group) is 1. The molecule has 8 nitrogen and oxygen atoms in total. The van der Waals surface area contributed by atoms with Crippen molar-refractivity contribution in [1.29, 1.82) is 0 Å². The lowest BCUT2D eigenvalue weighted by atomic mass is 9.75. The van der Waals surface area contributed by atoms with Gasteiger partial charge in [-0.25, -0.2) is 4.39 Å². The molecule has 3 amide bonds. The van der Waals surface area contributed by atoms with Crippen molar-refractivity contribution in [2.75, 3.05) is 65.4 Å². The zero-order chi connectivity index (χ0) is 25.9. The highest BCUT2D eigenvalue weighted by molar-refractivity contribution is 6.10. The summed E-state index contributed by atoms with van der Waals surface area (Å²) in [5.41, 5.74) is -0.158. The second-order valence-electron chi connectivity index (χ2n) is 9.64. The summed E-state index contributed by atoms with van der Waals surface area (Å²) in [6, 6.07) is 13.7. The fraction of sp³-hybridized carbons (Fsp3) is 0.444. The maximum Gasteiger partial charge on any atom is 0.240 e. The quantitative estimate of drug-likeness (QED) is 0.522. The van der Waals surface area contributed by atoms with Gasteiger partial charge in [-0.15, -0.1) is 0 Å². The number of amides is 3. The molecule has 2 aliphatic heterocycles. The number of rotatable bonds is 8. The van der Waals surface area contributed by atoms with Crippen molar-refractivity contribution in [2.24, 2.45) is 0 Å². The number of nitrogens with zero attached hydrogens (tertiary/aromatic N) is 4. The van der Waals surface area contributed by atoms with Crippen molar-refractivity contribution >= 4 is 23.4 Å². The molecular formula is C27H33FN4O4. The Balaban J connectivity index is 1.55. The first-order chi connectivity index (χ1) is 17.2. The summed E-state index contributed by atoms with van der Waals surface area (Å²) < 4.78 is 19.6. The molecule has 1 atom stereocenters. The van der Waals surface area contributed by atoms with Gasteiger partial charge in [0.1, 0.15) is 11.6 Å². The topological polar surface area (TPSA) is 73.4 Å². The van der Waals surface area contributed by atoms with Crippen LogP contribution in [0.3, 0.4) is 0 Å². The van der Waals surface area contributed by atoms with Crippen LogP contribution in [-0.2, 0) is 19.8 Å². The lowest BCUT2D eigenvalue weighted by Gasteiger charge is -2.38. The largest absolute Gasteiger partial charge is 0.497 e. The predicted octanol–water partition coefficient (Wildman–Crippen LogP) is 2.13. The molecule has 0 radical (unpaired) electrons. The van der Waals surface area contributed by atoms with E-state index in [4.69, 9.17) is 4.74 Å². The number of halogens is 1. The van der Waals surface area contributed by atoms with Crippen LogP contribution < -0.4 is 9.64 Å². The Bertz CT molecular complexity index is 1130. The number of hydrogen-bond donors (Lipinski definition) is 0. The van der Waals surface area contributed by atoms with E-state index in [0.717, 1.165) is 0 Å². The molecule has 2 saturated heterocycles. The Labute approximate surface area is 211 Å². The van der Waals surface area contributed by atoms with Crippen molar-refractivity contribution in [1.82, 2.24) is 14.7 Å². The molecule has 0 aromatic heterocycles. The number of carbonyl (C=O) groups excluding carboxylic acids is 3. The van der Waals surface area contributed by atoms with Gasteiger partial charge < -0.3 is 19.4 Å². The third-order valence-corrected chi connectivity index (χ3v) is 7.08. The van der Waals surface area contributed by atoms with E-state index in [-0.39, 0.29) is 42.9 Å². The number of methoxy groups -OCH3 is 1. The Morgan fingerprint density at radius 1 is 1.06 bits per heavy atom. The molecular weight excluding hydrogens is 463 g/mol. The number of piperazine rings is 1. The van der Waals surface area contributed by atoms with E-state index < -0.39 is 5.41 Å². The van der Waals surface area contributed by atoms with Crippen LogP contribution in [0.25, 0.3) is 0 Å². The summed E-state index contributed by atoms with van der Waals surface area (Å²) in [5.74, 6) is -0.545. The van der Waals surface area contributed by atoms with Gasteiger partial charge in [0, 0.05) is 52.1 Å². The number of anilines is 1. The number of hydrogen-bond acceptors (Lipinski definition) is 6. The maximum atomic E-state index is 14.2. The minimum atomic E-state index is -1.28. The number of carbonyl (C=O) groups is 3. The molecule has 9 heteroatoms. The van der Waals surface area contributed by atoms with Gasteiger partial charge in [-0.3, -0.25) is 19.3 Å². The molecule has 0 bridgehead atoms. The van der Waals surface area contributed by atoms with Crippen molar-refractivity contribution < 1.29 is 23.5 Å². The molecule has 36 heavy (non-hydrogen) atoms. The van der Waals surface area contributed by atoms with Crippen molar-refractivity contribution in [2.45, 2.75) is 18.3 Å². The fourth-order valence-electron chi connectivity index (χ4n) is 4.99. The second kappa shape index (κ2) is 10.7. The number of para-hydroxylation sites is 1. The van der Waals surface area contributed by atoms with E-state index in [1.165, 1.54) is 18.1 Å². The first kappa shape index (κ1) is 25.6. The van der Waals surface area contributed by atoms with Crippen LogP contribution in [0.5, 0.6) is 5.75 Å². The third-order valence-electron chi connectivity index (χ3n) is 7.08. The number of imide groups is 1. The first-order valence-electron chi connectivity index (χ1n) is 12.2. The van der Waals surface area contributed by atoms with Crippen LogP contribution in [0.4, 0.5) is 10.1 Å². The van der Waals surface area contributed by atoms with Gasteiger partial charge in [0.15, 0.2) is 0 Å². The summed E-state index contributed by atoms with van der Waals surface area (Å²) in [6.45, 7) is 2.60. The molecule has 2 fully saturated rings. The highest BCUT2D eigenvalue weighted by Crippen LogP contribution is 2.41. The van der Waals surface area contributed by atoms with Crippen LogP contribution >= 0.6 is 0 Å². The summed E-state index contributed by atoms with van der Waals surface area (Å²) >= 11 is 0. The van der Waals surface area contributed by atoms with Gasteiger partial charge in [0.2, 0.25) is 17.7 Å². The summed E-state index contributed by atoms with van der Waals surface area (Å²) in [6.07, 6.45) is -0.170. The number of ether oxygens (including phenoxy) is 1. The van der Waals surface area contributed by atoms with Crippen LogP contribution in [0.2, 0.25) is 0 Å². The van der Waals surface area contributed by atoms with Crippen molar-refractivity contribution in [3.8, 4) is 5.75 Å². The van der Waals surface area contributed by atoms with E-state index in [9.17, 15) is 18.8 Å². The van der Waals surface area contributed by atoms with E-state index >= 15 is 0 Å². The first-order valence-corrected chi connectivity index (χ1v) is 12.2. The Morgan fingerprint density at radius 3 is 2.44 bits per heavy atom. The highest BCUT2D eigenvalue weighted by Gasteiger charge is 2.54. The minimum Gasteiger partial charge on any atom is -0.497 e. The molecule has 0 unspecified atom stereocenters. The molecule has 0 spiro atoms. The summed E-state index contributed by atoms with van der Waals surface area (Å²) in [7, 11) is 5.30. The molecule has 2 aliphatic rings. The van der Waals surface area contributed by atoms with Crippen LogP contribution in [0, 0.1) is 5.82 Å². The van der Waals surface area contributed by atoms with E-state index in [1.807, 2.05) is 23.9 Å². The molecule has 0 aliphatic carbocycles. The molecule has 4 rings (SSSR count). The molecule has 0 saturated carbocycles. The standard InChI is InChI=1S/C27H33FN4O4/c1-29(2)11-16-32-25(34)19-27(26(32)35,20-7-6-8-21(17-20)36-3)18-24(33)31-14-12-30(13-15-31)23-10-5-4-9-22(23)28/h4-10,17H,11-16,18-19H2,1-3H3/t27-/m0/s1. The predicted molar refractivity (Wildman–Crippen MR) is 134 cm³/mol. The lowest BCUT2D eigenvalue weighted by molar-refractivity contribution is -0.142. The van der Waals surface area contributed by atoms with Gasteiger partial charge in [0.25, 0.3) is 0 Å². The normalized spacial score (nSPS) is 20.4. The van der Waals surface area contributed by atoms with Gasteiger partial charge >= 0.3 is 0 Å². The van der Waals surface area contributed by atoms with Crippen LogP contribution in [-0.4, -0.2) is 92.9 Å². The maximum absolute atomic E-state index is 14.2. The monoisotopic (exact) mass is 496 g/mol. The smallest absolute Gasteiger partial charge is 0.240 e. The van der Waals surface area contributed by atoms with Gasteiger partial charge in [-0.2, -0.15) is 0 Å². The van der Waals surface area contributed by atoms with Crippen LogP contribution in [0.15, 0.2) is 48.5 Å². The average molecular weight is 497 g/mol. The molecule has 192 valence electrons. The van der Waals surface area contributed by atoms with Gasteiger partial charge in [-0.1, -0.05) is 24.3 Å². The third kappa shape index (κ3) is 5.06. The van der Waals surface area contributed by atoms with E-state index in [2.05, 4.69) is 0 Å². The highest BCUT2D eigenvalue weighted by atomic mass is 19.1. The number of likely N-dealkylation sites (tertiary alicyclic amines) is 1. The molecule has 2 heterocycles. The summed E-state index contributed by atoms with van der Waals surface area (Å²) in [4.78, 5) is 47.1.